The molecular weight excluding hydrogens is 355 g/mol. The zero-order valence-electron chi connectivity index (χ0n) is 13.0. The van der Waals surface area contributed by atoms with Gasteiger partial charge >= 0.3 is 6.18 Å². The summed E-state index contributed by atoms with van der Waals surface area (Å²) in [6.07, 6.45) is -1.10. The molecule has 1 N–H and O–H groups in total. The van der Waals surface area contributed by atoms with E-state index < -0.39 is 27.5 Å². The molecule has 4 nitrogen and oxygen atoms in total. The van der Waals surface area contributed by atoms with Crippen LogP contribution in [0.15, 0.2) is 59.5 Å². The average molecular weight is 369 g/mol. The fourth-order valence-corrected chi connectivity index (χ4v) is 2.65. The first kappa shape index (κ1) is 18.7. The van der Waals surface area contributed by atoms with Gasteiger partial charge in [0.2, 0.25) is 5.91 Å². The van der Waals surface area contributed by atoms with Crippen LogP contribution in [0.3, 0.4) is 0 Å². The van der Waals surface area contributed by atoms with E-state index in [4.69, 9.17) is 0 Å². The number of halogens is 3. The van der Waals surface area contributed by atoms with Crippen LogP contribution in [0.4, 0.5) is 18.9 Å². The van der Waals surface area contributed by atoms with Crippen molar-refractivity contribution in [3.8, 4) is 0 Å². The second-order valence-electron chi connectivity index (χ2n) is 5.25. The molecule has 2 rings (SSSR count). The zero-order valence-corrected chi connectivity index (χ0v) is 13.9. The molecule has 0 saturated heterocycles. The number of anilines is 1. The van der Waals surface area contributed by atoms with Crippen LogP contribution in [0.25, 0.3) is 6.08 Å². The predicted molar refractivity (Wildman–Crippen MR) is 88.7 cm³/mol. The smallest absolute Gasteiger partial charge is 0.322 e. The summed E-state index contributed by atoms with van der Waals surface area (Å²) in [5.74, 6) is -0.594. The Kier molecular flexibility index (Phi) is 5.32. The normalized spacial score (nSPS) is 12.3. The molecule has 0 aromatic heterocycles. The third kappa shape index (κ3) is 5.46. The molecule has 0 spiro atoms. The van der Waals surface area contributed by atoms with Crippen molar-refractivity contribution in [2.75, 3.05) is 11.6 Å². The molecule has 0 atom stereocenters. The zero-order chi connectivity index (χ0) is 18.7. The summed E-state index contributed by atoms with van der Waals surface area (Å²) < 4.78 is 60.9. The first-order chi connectivity index (χ1) is 11.6. The molecule has 132 valence electrons. The number of sulfone groups is 1. The molecule has 0 aliphatic rings. The predicted octanol–water partition coefficient (Wildman–Crippen LogP) is 3.76. The second-order valence-corrected chi connectivity index (χ2v) is 7.26. The molecular formula is C17H14F3NO3S. The van der Waals surface area contributed by atoms with Gasteiger partial charge in [0.15, 0.2) is 9.84 Å². The minimum absolute atomic E-state index is 0.0483. The highest BCUT2D eigenvalue weighted by Crippen LogP contribution is 2.29. The maximum Gasteiger partial charge on any atom is 0.416 e. The number of nitrogens with one attached hydrogen (secondary N) is 1. The lowest BCUT2D eigenvalue weighted by atomic mass is 10.1. The summed E-state index contributed by atoms with van der Waals surface area (Å²) in [6.45, 7) is 0. The summed E-state index contributed by atoms with van der Waals surface area (Å²) in [4.78, 5) is 11.9. The highest BCUT2D eigenvalue weighted by molar-refractivity contribution is 7.90. The van der Waals surface area contributed by atoms with Crippen LogP contribution in [0.1, 0.15) is 11.1 Å². The Morgan fingerprint density at radius 2 is 1.76 bits per heavy atom. The molecule has 8 heteroatoms. The van der Waals surface area contributed by atoms with Crippen molar-refractivity contribution >= 4 is 27.5 Å². The van der Waals surface area contributed by atoms with Crippen LogP contribution in [0, 0.1) is 0 Å². The Morgan fingerprint density at radius 1 is 1.08 bits per heavy atom. The maximum atomic E-state index is 12.6. The van der Waals surface area contributed by atoms with Crippen LogP contribution >= 0.6 is 0 Å². The maximum absolute atomic E-state index is 12.6. The summed E-state index contributed by atoms with van der Waals surface area (Å²) in [5.41, 5.74) is -0.326. The summed E-state index contributed by atoms with van der Waals surface area (Å²) >= 11 is 0. The van der Waals surface area contributed by atoms with Crippen molar-refractivity contribution in [3.05, 3.63) is 65.7 Å². The van der Waals surface area contributed by atoms with E-state index in [0.717, 1.165) is 24.5 Å². The van der Waals surface area contributed by atoms with Gasteiger partial charge < -0.3 is 5.32 Å². The molecule has 2 aromatic rings. The van der Waals surface area contributed by atoms with Gasteiger partial charge in [-0.2, -0.15) is 13.2 Å². The van der Waals surface area contributed by atoms with Crippen molar-refractivity contribution in [1.82, 2.24) is 0 Å². The van der Waals surface area contributed by atoms with E-state index in [0.29, 0.717) is 0 Å². The van der Waals surface area contributed by atoms with Crippen LogP contribution in [0.5, 0.6) is 0 Å². The third-order valence-electron chi connectivity index (χ3n) is 3.17. The molecule has 0 heterocycles. The molecule has 0 saturated carbocycles. The molecule has 25 heavy (non-hydrogen) atoms. The number of hydrogen-bond donors (Lipinski definition) is 1. The van der Waals surface area contributed by atoms with Gasteiger partial charge in [0.05, 0.1) is 10.5 Å². The van der Waals surface area contributed by atoms with E-state index in [-0.39, 0.29) is 16.1 Å². The number of carbonyl (C=O) groups excluding carboxylic acids is 1. The van der Waals surface area contributed by atoms with Crippen molar-refractivity contribution in [3.63, 3.8) is 0 Å². The Labute approximate surface area is 142 Å². The van der Waals surface area contributed by atoms with Gasteiger partial charge in [0, 0.05) is 18.0 Å². The summed E-state index contributed by atoms with van der Waals surface area (Å²) in [5, 5.41) is 2.46. The van der Waals surface area contributed by atoms with E-state index in [1.165, 1.54) is 42.5 Å². The number of alkyl halides is 3. The van der Waals surface area contributed by atoms with Gasteiger partial charge in [-0.05, 0) is 42.0 Å². The summed E-state index contributed by atoms with van der Waals surface area (Å²) in [7, 11) is -3.41. The number of hydrogen-bond acceptors (Lipinski definition) is 3. The minimum atomic E-state index is -4.46. The lowest BCUT2D eigenvalue weighted by Gasteiger charge is -2.07. The van der Waals surface area contributed by atoms with Crippen molar-refractivity contribution in [2.24, 2.45) is 0 Å². The number of rotatable bonds is 4. The Balaban J connectivity index is 2.12. The summed E-state index contributed by atoms with van der Waals surface area (Å²) in [6, 6.07) is 10.2. The highest BCUT2D eigenvalue weighted by Gasteiger charge is 2.30. The SMILES string of the molecule is CS(=O)(=O)c1cccc(NC(=O)C=Cc2cccc(C(F)(F)F)c2)c1. The fraction of sp³-hybridized carbons (Fsp3) is 0.118. The number of carbonyl (C=O) groups is 1. The van der Waals surface area contributed by atoms with E-state index in [9.17, 15) is 26.4 Å². The van der Waals surface area contributed by atoms with Gasteiger partial charge in [0.25, 0.3) is 0 Å². The fourth-order valence-electron chi connectivity index (χ4n) is 1.98. The van der Waals surface area contributed by atoms with E-state index >= 15 is 0 Å². The van der Waals surface area contributed by atoms with Crippen molar-refractivity contribution in [1.29, 1.82) is 0 Å². The van der Waals surface area contributed by atoms with Gasteiger partial charge in [-0.1, -0.05) is 18.2 Å². The number of amides is 1. The molecule has 0 aliphatic heterocycles. The Morgan fingerprint density at radius 3 is 2.40 bits per heavy atom. The molecule has 0 fully saturated rings. The lowest BCUT2D eigenvalue weighted by Crippen LogP contribution is -2.08. The number of benzene rings is 2. The van der Waals surface area contributed by atoms with Crippen molar-refractivity contribution in [2.45, 2.75) is 11.1 Å². The van der Waals surface area contributed by atoms with Gasteiger partial charge in [-0.15, -0.1) is 0 Å². The van der Waals surface area contributed by atoms with E-state index in [1.807, 2.05) is 0 Å². The average Bonchev–Trinajstić information content (AvgIpc) is 2.52. The third-order valence-corrected chi connectivity index (χ3v) is 4.28. The van der Waals surface area contributed by atoms with E-state index in [1.54, 1.807) is 0 Å². The van der Waals surface area contributed by atoms with Gasteiger partial charge in [-0.3, -0.25) is 4.79 Å². The molecule has 0 radical (unpaired) electrons. The van der Waals surface area contributed by atoms with Crippen LogP contribution in [0.2, 0.25) is 0 Å². The van der Waals surface area contributed by atoms with Crippen LogP contribution in [-0.4, -0.2) is 20.6 Å². The monoisotopic (exact) mass is 369 g/mol. The topological polar surface area (TPSA) is 63.2 Å². The quantitative estimate of drug-likeness (QED) is 0.835. The first-order valence-electron chi connectivity index (χ1n) is 7.02. The van der Waals surface area contributed by atoms with Crippen molar-refractivity contribution < 1.29 is 26.4 Å². The molecule has 1 amide bonds. The molecule has 0 bridgehead atoms. The Bertz CT molecular complexity index is 919. The Hall–Kier alpha value is -2.61. The molecule has 2 aromatic carbocycles. The second kappa shape index (κ2) is 7.10. The molecule has 0 unspecified atom stereocenters. The van der Waals surface area contributed by atoms with Gasteiger partial charge in [-0.25, -0.2) is 8.42 Å². The largest absolute Gasteiger partial charge is 0.416 e. The molecule has 0 aliphatic carbocycles. The van der Waals surface area contributed by atoms with Crippen LogP contribution < -0.4 is 5.32 Å². The van der Waals surface area contributed by atoms with E-state index in [2.05, 4.69) is 5.32 Å². The van der Waals surface area contributed by atoms with Gasteiger partial charge in [0.1, 0.15) is 0 Å². The standard InChI is InChI=1S/C17H14F3NO3S/c1-25(23,24)15-7-3-6-14(11-15)21-16(22)9-8-12-4-2-5-13(10-12)17(18,19)20/h2-11H,1H3,(H,21,22). The lowest BCUT2D eigenvalue weighted by molar-refractivity contribution is -0.137. The van der Waals surface area contributed by atoms with Crippen LogP contribution in [-0.2, 0) is 20.8 Å². The minimum Gasteiger partial charge on any atom is -0.322 e. The highest BCUT2D eigenvalue weighted by atomic mass is 32.2. The first-order valence-corrected chi connectivity index (χ1v) is 8.91.